The van der Waals surface area contributed by atoms with Gasteiger partial charge in [-0.05, 0) is 139 Å². The lowest BCUT2D eigenvalue weighted by Gasteiger charge is -2.35. The third-order valence-electron chi connectivity index (χ3n) is 19.3. The molecule has 2 aliphatic rings. The first-order chi connectivity index (χ1) is 54.7. The van der Waals surface area contributed by atoms with E-state index < -0.39 is 25.6 Å². The van der Waals surface area contributed by atoms with Crippen LogP contribution >= 0.6 is 46.4 Å². The van der Waals surface area contributed by atoms with Gasteiger partial charge in [0.25, 0.3) is 0 Å². The Morgan fingerprint density at radius 1 is 0.460 bits per heavy atom. The molecule has 2 atom stereocenters. The van der Waals surface area contributed by atoms with E-state index in [1.165, 1.54) is 25.7 Å². The van der Waals surface area contributed by atoms with Crippen LogP contribution in [0.3, 0.4) is 0 Å². The van der Waals surface area contributed by atoms with E-state index in [1.807, 2.05) is 62.6 Å². The maximum Gasteiger partial charge on any atom is 0.240 e. The number of amides is 3. The number of carbonyl (C=O) groups is 3. The largest absolute Gasteiger partial charge is 0.494 e. The van der Waals surface area contributed by atoms with Crippen LogP contribution < -0.4 is 41.2 Å². The van der Waals surface area contributed by atoms with E-state index in [1.54, 1.807) is 48.5 Å². The third kappa shape index (κ3) is 35.9. The minimum absolute atomic E-state index is 0.0575. The third-order valence-corrected chi connectivity index (χ3v) is 23.3. The van der Waals surface area contributed by atoms with E-state index in [4.69, 9.17) is 99.5 Å². The zero-order chi connectivity index (χ0) is 81.0. The van der Waals surface area contributed by atoms with Crippen LogP contribution in [0, 0.1) is 0 Å². The summed E-state index contributed by atoms with van der Waals surface area (Å²) in [5, 5.41) is 14.8. The summed E-state index contributed by atoms with van der Waals surface area (Å²) in [6.07, 6.45) is 8.09. The monoisotopic (exact) mass is 1690 g/mol. The molecule has 0 saturated carbocycles. The highest BCUT2D eigenvalue weighted by molar-refractivity contribution is 7.89. The van der Waals surface area contributed by atoms with Gasteiger partial charge in [0, 0.05) is 129 Å². The predicted molar refractivity (Wildman–Crippen MR) is 441 cm³/mol. The average Bonchev–Trinajstić information content (AvgIpc) is 0.778. The van der Waals surface area contributed by atoms with Gasteiger partial charge in [0.1, 0.15) is 5.75 Å². The number of benzene rings is 5. The standard InChI is InChI=1S/C81H119Cl4N9O17S2/c1-4-5-6-7-8-9-32-111-67-18-16-62(17-19-67)57-90-81(23-20-78(95)87-27-34-103-40-46-108-45-39-102-33-26-86,24-21-79(96)88-28-35-104-41-47-109-49-43-106-37-30-91-112(98,99)68-14-10-12-63(51-68)72-58-93(2)60-74-70(72)53-65(82)55-76(74)84)25-22-80(97)89-29-36-105-42-48-110-50-44-107-38-31-92-113(100,101)69-15-11-13-64(52-69)73-59-94(3)61-75-71(73)54-66(83)56-77(75)85/h10-19,51-56,72-73,90-92H,4-9,20-50,57-61,86H2,1-3H3,(H,87,95)(H,88,96)(H,89,97)/t72-,73-/m0/s1. The second-order valence-corrected chi connectivity index (χ2v) is 33.3. The van der Waals surface area contributed by atoms with Gasteiger partial charge in [0.15, 0.2) is 0 Å². The number of nitrogens with two attached hydrogens (primary N) is 1. The number of halogens is 4. The lowest BCUT2D eigenvalue weighted by atomic mass is 9.83. The number of sulfonamides is 2. The second kappa shape index (κ2) is 53.3. The molecule has 113 heavy (non-hydrogen) atoms. The zero-order valence-corrected chi connectivity index (χ0v) is 70.5. The van der Waals surface area contributed by atoms with Gasteiger partial charge in [-0.3, -0.25) is 14.4 Å². The van der Waals surface area contributed by atoms with Crippen molar-refractivity contribution in [1.29, 1.82) is 0 Å². The normalized spacial score (nSPS) is 14.8. The first-order valence-corrected chi connectivity index (χ1v) is 43.8. The van der Waals surface area contributed by atoms with Gasteiger partial charge in [-0.15, -0.1) is 0 Å². The predicted octanol–water partition coefficient (Wildman–Crippen LogP) is 9.78. The van der Waals surface area contributed by atoms with Crippen molar-refractivity contribution in [2.75, 3.05) is 192 Å². The number of fused-ring (bicyclic) bond motifs is 2. The summed E-state index contributed by atoms with van der Waals surface area (Å²) in [6, 6.07) is 29.0. The fraction of sp³-hybridized carbons (Fsp3) is 0.593. The maximum absolute atomic E-state index is 13.7. The van der Waals surface area contributed by atoms with Crippen LogP contribution in [-0.4, -0.2) is 242 Å². The summed E-state index contributed by atoms with van der Waals surface area (Å²) in [6.45, 7) is 12.2. The molecule has 0 saturated heterocycles. The quantitative estimate of drug-likeness (QED) is 0.0178. The Kier molecular flexibility index (Phi) is 44.7. The van der Waals surface area contributed by atoms with Gasteiger partial charge in [-0.2, -0.15) is 0 Å². The Morgan fingerprint density at radius 2 is 0.832 bits per heavy atom. The number of nitrogens with zero attached hydrogens (tertiary/aromatic N) is 2. The molecule has 26 nitrogen and oxygen atoms in total. The fourth-order valence-electron chi connectivity index (χ4n) is 13.2. The number of hydrogen-bond donors (Lipinski definition) is 7. The van der Waals surface area contributed by atoms with Crippen molar-refractivity contribution in [2.45, 2.75) is 131 Å². The van der Waals surface area contributed by atoms with Crippen molar-refractivity contribution in [3.8, 4) is 5.75 Å². The van der Waals surface area contributed by atoms with Crippen molar-refractivity contribution < 1.29 is 78.6 Å². The molecule has 2 aliphatic heterocycles. The number of nitrogens with one attached hydrogen (secondary N) is 6. The number of hydrogen-bond acceptors (Lipinski definition) is 21. The van der Waals surface area contributed by atoms with Gasteiger partial charge in [0.05, 0.1) is 135 Å². The first-order valence-electron chi connectivity index (χ1n) is 39.4. The molecular formula is C81H119Cl4N9O17S2. The Labute approximate surface area is 689 Å². The van der Waals surface area contributed by atoms with Crippen LogP contribution in [0.1, 0.15) is 135 Å². The highest BCUT2D eigenvalue weighted by atomic mass is 35.5. The molecule has 5 aromatic rings. The SMILES string of the molecule is CCCCCCCCOc1ccc(CNC(CCC(=O)NCCOCCOCCOCCN)(CCC(=O)NCCOCCOCCOCCNS(=O)(=O)c2cccc([C@@H]3CN(C)Cc4c(Cl)cc(Cl)cc43)c2)CCC(=O)NCCOCCOCCOCCNS(=O)(=O)c2cccc([C@@H]3CN(C)Cc4c(Cl)cc(Cl)cc43)c2)cc1. The second-order valence-electron chi connectivity index (χ2n) is 28.1. The number of likely N-dealkylation sites (N-methyl/N-ethyl adjacent to an activating group) is 2. The van der Waals surface area contributed by atoms with Crippen molar-refractivity contribution in [3.63, 3.8) is 0 Å². The number of rotatable bonds is 61. The Hall–Kier alpha value is -5.23. The highest BCUT2D eigenvalue weighted by Gasteiger charge is 2.34. The van der Waals surface area contributed by atoms with Crippen LogP contribution in [0.4, 0.5) is 0 Å². The Balaban J connectivity index is 0.827. The summed E-state index contributed by atoms with van der Waals surface area (Å²) in [4.78, 5) is 45.5. The van der Waals surface area contributed by atoms with Crippen LogP contribution in [0.15, 0.2) is 107 Å². The molecule has 3 amide bonds. The van der Waals surface area contributed by atoms with Crippen LogP contribution in [0.5, 0.6) is 5.75 Å². The summed E-state index contributed by atoms with van der Waals surface area (Å²) in [7, 11) is -3.69. The van der Waals surface area contributed by atoms with Crippen molar-refractivity contribution >= 4 is 84.2 Å². The average molecular weight is 1700 g/mol. The lowest BCUT2D eigenvalue weighted by Crippen LogP contribution is -2.47. The molecule has 0 aliphatic carbocycles. The van der Waals surface area contributed by atoms with Crippen LogP contribution in [-0.2, 0) is 96.7 Å². The van der Waals surface area contributed by atoms with E-state index in [0.29, 0.717) is 118 Å². The molecule has 0 bridgehead atoms. The van der Waals surface area contributed by atoms with Crippen molar-refractivity contribution in [1.82, 2.24) is 40.5 Å². The molecule has 7 rings (SSSR count). The molecule has 8 N–H and O–H groups in total. The number of carbonyl (C=O) groups excluding carboxylic acids is 3. The number of unbranched alkanes of at least 4 members (excludes halogenated alkanes) is 5. The topological polar surface area (TPSA) is 316 Å². The van der Waals surface area contributed by atoms with Gasteiger partial charge in [-0.1, -0.05) is 122 Å². The smallest absolute Gasteiger partial charge is 0.240 e. The Morgan fingerprint density at radius 3 is 1.23 bits per heavy atom. The van der Waals surface area contributed by atoms with E-state index in [-0.39, 0.29) is 177 Å². The van der Waals surface area contributed by atoms with Crippen LogP contribution in [0.2, 0.25) is 20.1 Å². The zero-order valence-electron chi connectivity index (χ0n) is 65.8. The van der Waals surface area contributed by atoms with Gasteiger partial charge >= 0.3 is 0 Å². The maximum atomic E-state index is 13.7. The van der Waals surface area contributed by atoms with E-state index >= 15 is 0 Å². The van der Waals surface area contributed by atoms with Crippen molar-refractivity contribution in [3.05, 3.63) is 156 Å². The molecule has 2 heterocycles. The molecule has 0 radical (unpaired) electrons. The summed E-state index contributed by atoms with van der Waals surface area (Å²) < 4.78 is 116. The fourth-order valence-corrected chi connectivity index (χ4v) is 16.5. The molecule has 0 unspecified atom stereocenters. The van der Waals surface area contributed by atoms with Crippen LogP contribution in [0.25, 0.3) is 0 Å². The summed E-state index contributed by atoms with van der Waals surface area (Å²) in [5.41, 5.74) is 11.2. The molecule has 0 aromatic heterocycles. The summed E-state index contributed by atoms with van der Waals surface area (Å²) in [5.74, 6) is -0.144. The molecule has 32 heteroatoms. The van der Waals surface area contributed by atoms with Gasteiger partial charge in [-0.25, -0.2) is 26.3 Å². The highest BCUT2D eigenvalue weighted by Crippen LogP contribution is 2.41. The first kappa shape index (κ1) is 94.9. The van der Waals surface area contributed by atoms with Gasteiger partial charge < -0.3 is 84.2 Å². The number of ether oxygens (including phenoxy) is 10. The molecule has 0 fully saturated rings. The van der Waals surface area contributed by atoms with E-state index in [0.717, 1.165) is 57.5 Å². The molecule has 5 aromatic carbocycles. The summed E-state index contributed by atoms with van der Waals surface area (Å²) >= 11 is 26.0. The minimum Gasteiger partial charge on any atom is -0.494 e. The van der Waals surface area contributed by atoms with Crippen molar-refractivity contribution in [2.24, 2.45) is 5.73 Å². The van der Waals surface area contributed by atoms with E-state index in [9.17, 15) is 31.2 Å². The van der Waals surface area contributed by atoms with E-state index in [2.05, 4.69) is 47.4 Å². The van der Waals surface area contributed by atoms with Gasteiger partial charge in [0.2, 0.25) is 37.8 Å². The molecule has 0 spiro atoms. The molecular weight excluding hydrogens is 1580 g/mol. The minimum atomic E-state index is -3.85. The molecule has 630 valence electrons. The Bertz CT molecular complexity index is 3670. The lowest BCUT2D eigenvalue weighted by molar-refractivity contribution is -0.121.